The van der Waals surface area contributed by atoms with Crippen LogP contribution in [0.4, 0.5) is 11.4 Å². The number of amides is 5. The lowest BCUT2D eigenvalue weighted by molar-refractivity contribution is -0.384. The Hall–Kier alpha value is -8.18. The highest BCUT2D eigenvalue weighted by atomic mass is 16.6. The first-order chi connectivity index (χ1) is 31.1. The lowest BCUT2D eigenvalue weighted by atomic mass is 10.00. The third kappa shape index (κ3) is 9.79. The minimum absolute atomic E-state index is 0.0172. The molecule has 3 N–H and O–H groups in total. The van der Waals surface area contributed by atoms with E-state index in [1.165, 1.54) is 17.0 Å². The molecular formula is C50H42N6O8. The number of hydrogen-bond donors (Lipinski definition) is 3. The number of rotatable bonds is 14. The molecule has 0 radical (unpaired) electrons. The molecule has 4 heterocycles. The number of fused-ring (bicyclic) bond motifs is 1. The van der Waals surface area contributed by atoms with E-state index in [0.717, 1.165) is 47.9 Å². The Morgan fingerprint density at radius 1 is 0.812 bits per heavy atom. The number of hydrogen-bond acceptors (Lipinski definition) is 9. The zero-order chi connectivity index (χ0) is 44.6. The summed E-state index contributed by atoms with van der Waals surface area (Å²) in [4.78, 5) is 80.1. The van der Waals surface area contributed by atoms with E-state index in [9.17, 15) is 34.1 Å². The lowest BCUT2D eigenvalue weighted by Gasteiger charge is -2.29. The third-order valence-electron chi connectivity index (χ3n) is 11.2. The molecule has 4 aromatic carbocycles. The molecule has 2 aliphatic heterocycles. The summed E-state index contributed by atoms with van der Waals surface area (Å²) < 4.78 is 5.61. The highest BCUT2D eigenvalue weighted by Gasteiger charge is 2.39. The van der Waals surface area contributed by atoms with Crippen LogP contribution in [0.5, 0.6) is 0 Å². The molecule has 0 bridgehead atoms. The maximum atomic E-state index is 13.2. The van der Waals surface area contributed by atoms with Gasteiger partial charge in [0.05, 0.1) is 16.9 Å². The number of aromatic nitrogens is 1. The molecule has 5 amide bonds. The van der Waals surface area contributed by atoms with Gasteiger partial charge >= 0.3 is 0 Å². The number of nitro groups is 1. The Morgan fingerprint density at radius 2 is 1.53 bits per heavy atom. The lowest BCUT2D eigenvalue weighted by Crippen LogP contribution is -2.52. The molecule has 8 rings (SSSR count). The number of non-ortho nitro benzene ring substituents is 1. The molecule has 1 saturated heterocycles. The van der Waals surface area contributed by atoms with E-state index in [1.54, 1.807) is 79.1 Å². The van der Waals surface area contributed by atoms with Gasteiger partial charge in [-0.2, -0.15) is 0 Å². The van der Waals surface area contributed by atoms with Crippen LogP contribution in [0.1, 0.15) is 87.1 Å². The van der Waals surface area contributed by atoms with Crippen LogP contribution in [-0.4, -0.2) is 56.9 Å². The van der Waals surface area contributed by atoms with Gasteiger partial charge in [0.15, 0.2) is 5.76 Å². The van der Waals surface area contributed by atoms with Crippen LogP contribution in [-0.2, 0) is 16.1 Å². The predicted molar refractivity (Wildman–Crippen MR) is 239 cm³/mol. The summed E-state index contributed by atoms with van der Waals surface area (Å²) in [5, 5.41) is 19.4. The Morgan fingerprint density at radius 3 is 2.27 bits per heavy atom. The van der Waals surface area contributed by atoms with Crippen LogP contribution in [0.3, 0.4) is 0 Å². The number of benzene rings is 4. The Labute approximate surface area is 368 Å². The van der Waals surface area contributed by atoms with Gasteiger partial charge in [-0.25, -0.2) is 4.98 Å². The van der Waals surface area contributed by atoms with E-state index in [0.29, 0.717) is 64.5 Å². The van der Waals surface area contributed by atoms with Crippen LogP contribution in [0.15, 0.2) is 126 Å². The number of unbranched alkanes of at least 4 members (excludes halogenated alkanes) is 4. The fraction of sp³-hybridized carbons (Fsp3) is 0.200. The number of carbonyl (C=O) groups is 5. The van der Waals surface area contributed by atoms with Gasteiger partial charge in [0, 0.05) is 71.6 Å². The van der Waals surface area contributed by atoms with Crippen molar-refractivity contribution in [1.82, 2.24) is 20.5 Å². The summed E-state index contributed by atoms with van der Waals surface area (Å²) >= 11 is 0. The second-order valence-electron chi connectivity index (χ2n) is 15.5. The number of nitro benzene ring substituents is 1. The van der Waals surface area contributed by atoms with Crippen LogP contribution in [0.25, 0.3) is 33.8 Å². The second-order valence-corrected chi connectivity index (χ2v) is 15.5. The molecule has 14 nitrogen and oxygen atoms in total. The molecule has 320 valence electrons. The highest BCUT2D eigenvalue weighted by Crippen LogP contribution is 2.32. The van der Waals surface area contributed by atoms with E-state index < -0.39 is 16.9 Å². The minimum Gasteiger partial charge on any atom is -0.463 e. The number of anilines is 1. The number of imide groups is 1. The fourth-order valence-corrected chi connectivity index (χ4v) is 7.73. The van der Waals surface area contributed by atoms with Gasteiger partial charge in [-0.15, -0.1) is 0 Å². The number of carbonyl (C=O) groups excluding carboxylic acids is 5. The van der Waals surface area contributed by atoms with Gasteiger partial charge in [-0.1, -0.05) is 42.9 Å². The predicted octanol–water partition coefficient (Wildman–Crippen LogP) is 8.33. The molecule has 0 saturated carbocycles. The summed E-state index contributed by atoms with van der Waals surface area (Å²) in [6, 6.07) is 32.1. The van der Waals surface area contributed by atoms with Crippen molar-refractivity contribution < 1.29 is 33.3 Å². The van der Waals surface area contributed by atoms with Crippen molar-refractivity contribution in [2.45, 2.75) is 57.5 Å². The summed E-state index contributed by atoms with van der Waals surface area (Å²) in [7, 11) is 0. The van der Waals surface area contributed by atoms with Gasteiger partial charge in [-0.3, -0.25) is 39.4 Å². The smallest absolute Gasteiger partial charge is 0.269 e. The van der Waals surface area contributed by atoms with E-state index >= 15 is 0 Å². The monoisotopic (exact) mass is 854 g/mol. The number of nitrogens with zero attached hydrogens (tertiary/aromatic N) is 3. The molecule has 0 aliphatic carbocycles. The van der Waals surface area contributed by atoms with Crippen LogP contribution >= 0.6 is 0 Å². The van der Waals surface area contributed by atoms with Crippen molar-refractivity contribution in [1.29, 1.82) is 0 Å². The largest absolute Gasteiger partial charge is 0.463 e. The number of pyridine rings is 1. The summed E-state index contributed by atoms with van der Waals surface area (Å²) in [5.41, 5.74) is 7.09. The zero-order valence-electron chi connectivity index (χ0n) is 34.6. The zero-order valence-corrected chi connectivity index (χ0v) is 34.6. The van der Waals surface area contributed by atoms with Crippen molar-refractivity contribution in [2.75, 3.05) is 11.9 Å². The molecule has 2 aliphatic rings. The van der Waals surface area contributed by atoms with E-state index in [2.05, 4.69) is 27.8 Å². The maximum absolute atomic E-state index is 13.2. The molecule has 64 heavy (non-hydrogen) atoms. The van der Waals surface area contributed by atoms with Crippen molar-refractivity contribution in [3.8, 4) is 45.7 Å². The average Bonchev–Trinajstić information content (AvgIpc) is 3.98. The first kappa shape index (κ1) is 42.5. The van der Waals surface area contributed by atoms with Crippen molar-refractivity contribution >= 4 is 40.9 Å². The normalized spacial score (nSPS) is 14.3. The first-order valence-electron chi connectivity index (χ1n) is 21.0. The quantitative estimate of drug-likeness (QED) is 0.0318. The molecule has 1 unspecified atom stereocenters. The summed E-state index contributed by atoms with van der Waals surface area (Å²) in [5.74, 6) is 5.50. The van der Waals surface area contributed by atoms with E-state index in [-0.39, 0.29) is 42.3 Å². The molecule has 14 heteroatoms. The van der Waals surface area contributed by atoms with Crippen molar-refractivity contribution in [2.24, 2.45) is 0 Å². The van der Waals surface area contributed by atoms with E-state index in [1.807, 2.05) is 30.3 Å². The minimum atomic E-state index is -0.664. The van der Waals surface area contributed by atoms with Gasteiger partial charge in [0.1, 0.15) is 11.7 Å². The molecular weight excluding hydrogens is 813 g/mol. The standard InChI is InChI=1S/C50H42N6O8/c57-46-26-25-44(49(60)54-46)55-31-41-33(10-7-11-40(41)50(55)61)9-5-3-1-2-4-6-27-51-47(58)35-17-21-38(22-18-35)52-48(59)36-15-13-32(14-16-36)37-29-42(34-19-23-39(24-20-34)56(62)63)53-43(30-37)45-12-8-28-64-45/h7-8,10-24,28-30,44H,1-4,6,25-27,31H2,(H,51,58)(H,52,59)(H,54,57,60). The molecule has 6 aromatic rings. The Balaban J connectivity index is 0.775. The number of piperidine rings is 1. The average molecular weight is 855 g/mol. The topological polar surface area (TPSA) is 194 Å². The van der Waals surface area contributed by atoms with Crippen LogP contribution in [0.2, 0.25) is 0 Å². The molecule has 0 spiro atoms. The third-order valence-corrected chi connectivity index (χ3v) is 11.2. The summed E-state index contributed by atoms with van der Waals surface area (Å²) in [6.45, 7) is 0.812. The maximum Gasteiger partial charge on any atom is 0.269 e. The van der Waals surface area contributed by atoms with Crippen LogP contribution < -0.4 is 16.0 Å². The van der Waals surface area contributed by atoms with Crippen LogP contribution in [0, 0.1) is 22.0 Å². The van der Waals surface area contributed by atoms with Gasteiger partial charge in [-0.05, 0) is 121 Å². The molecule has 1 fully saturated rings. The van der Waals surface area contributed by atoms with Gasteiger partial charge < -0.3 is 20.0 Å². The van der Waals surface area contributed by atoms with E-state index in [4.69, 9.17) is 9.40 Å². The Bertz CT molecular complexity index is 2810. The number of furan rings is 1. The molecule has 2 aromatic heterocycles. The van der Waals surface area contributed by atoms with Crippen molar-refractivity contribution in [3.63, 3.8) is 0 Å². The SMILES string of the molecule is O=C1CCC(N2Cc3c(C#CCCCCCCNC(=O)c4ccc(NC(=O)c5ccc(-c6cc(-c7ccc([N+](=O)[O-])cc7)nc(-c7ccco7)c6)cc5)cc4)cccc3C2=O)C(=O)N1. The van der Waals surface area contributed by atoms with Crippen molar-refractivity contribution in [3.05, 3.63) is 159 Å². The fourth-order valence-electron chi connectivity index (χ4n) is 7.73. The molecule has 1 atom stereocenters. The number of nitrogens with one attached hydrogen (secondary N) is 3. The van der Waals surface area contributed by atoms with Gasteiger partial charge in [0.2, 0.25) is 11.8 Å². The second kappa shape index (κ2) is 19.3. The Kier molecular flexibility index (Phi) is 12.8. The first-order valence-corrected chi connectivity index (χ1v) is 21.0. The summed E-state index contributed by atoms with van der Waals surface area (Å²) in [6.07, 6.45) is 6.32. The van der Waals surface area contributed by atoms with Gasteiger partial charge in [0.25, 0.3) is 23.4 Å². The highest BCUT2D eigenvalue weighted by molar-refractivity contribution is 6.06.